The number of hydrogen-bond donors (Lipinski definition) is 0. The molecular formula is C58H38N4. The van der Waals surface area contributed by atoms with Gasteiger partial charge in [0.2, 0.25) is 0 Å². The molecule has 0 amide bonds. The van der Waals surface area contributed by atoms with Gasteiger partial charge in [0.1, 0.15) is 0 Å². The van der Waals surface area contributed by atoms with Crippen LogP contribution in [-0.2, 0) is 0 Å². The van der Waals surface area contributed by atoms with Crippen LogP contribution in [0, 0.1) is 0 Å². The van der Waals surface area contributed by atoms with Gasteiger partial charge in [-0.2, -0.15) is 0 Å². The van der Waals surface area contributed by atoms with Gasteiger partial charge in [-0.25, -0.2) is 19.9 Å². The molecule has 2 heterocycles. The van der Waals surface area contributed by atoms with Crippen LogP contribution in [0.3, 0.4) is 0 Å². The summed E-state index contributed by atoms with van der Waals surface area (Å²) in [6, 6.07) is 80.7. The first-order chi connectivity index (χ1) is 30.7. The summed E-state index contributed by atoms with van der Waals surface area (Å²) in [6.45, 7) is 0. The van der Waals surface area contributed by atoms with E-state index in [1.807, 2.05) is 12.1 Å². The molecule has 11 rings (SSSR count). The predicted octanol–water partition coefficient (Wildman–Crippen LogP) is 14.9. The molecule has 0 aliphatic heterocycles. The maximum atomic E-state index is 5.09. The van der Waals surface area contributed by atoms with Gasteiger partial charge >= 0.3 is 0 Å². The predicted molar refractivity (Wildman–Crippen MR) is 256 cm³/mol. The number of pyridine rings is 1. The van der Waals surface area contributed by atoms with Gasteiger partial charge in [0.15, 0.2) is 17.5 Å². The van der Waals surface area contributed by atoms with Crippen molar-refractivity contribution in [1.82, 2.24) is 19.9 Å². The van der Waals surface area contributed by atoms with Gasteiger partial charge in [0, 0.05) is 27.6 Å². The normalized spacial score (nSPS) is 11.2. The highest BCUT2D eigenvalue weighted by molar-refractivity contribution is 5.90. The van der Waals surface area contributed by atoms with Crippen molar-refractivity contribution in [3.63, 3.8) is 0 Å². The lowest BCUT2D eigenvalue weighted by Crippen LogP contribution is -2.00. The van der Waals surface area contributed by atoms with Crippen molar-refractivity contribution >= 4 is 21.7 Å². The van der Waals surface area contributed by atoms with Crippen LogP contribution in [0.25, 0.3) is 112 Å². The standard InChI is InChI=1S/C58H38N4/c1-3-10-39(11-4-1)42-22-27-46(28-23-42)56-60-57(47-29-24-43(25-30-47)40-12-5-2-6-13-40)62-58(61-56)53-17-9-16-49(38-53)44-18-20-45(21-19-44)50-32-34-54-52(37-50)33-35-55(59-54)51-31-26-41-14-7-8-15-48(41)36-51/h1-38H. The summed E-state index contributed by atoms with van der Waals surface area (Å²) in [5, 5.41) is 3.56. The van der Waals surface area contributed by atoms with E-state index in [2.05, 4.69) is 218 Å². The summed E-state index contributed by atoms with van der Waals surface area (Å²) in [7, 11) is 0. The Morgan fingerprint density at radius 3 is 1.18 bits per heavy atom. The monoisotopic (exact) mass is 790 g/mol. The lowest BCUT2D eigenvalue weighted by molar-refractivity contribution is 1.07. The van der Waals surface area contributed by atoms with Gasteiger partial charge in [-0.15, -0.1) is 0 Å². The van der Waals surface area contributed by atoms with Gasteiger partial charge in [-0.05, 0) is 85.6 Å². The zero-order chi connectivity index (χ0) is 41.2. The first kappa shape index (κ1) is 36.7. The van der Waals surface area contributed by atoms with Crippen LogP contribution in [0.4, 0.5) is 0 Å². The van der Waals surface area contributed by atoms with Gasteiger partial charge in [-0.3, -0.25) is 0 Å². The summed E-state index contributed by atoms with van der Waals surface area (Å²) >= 11 is 0. The first-order valence-corrected chi connectivity index (χ1v) is 20.9. The number of hydrogen-bond acceptors (Lipinski definition) is 4. The molecule has 0 bridgehead atoms. The van der Waals surface area contributed by atoms with Crippen LogP contribution in [0.2, 0.25) is 0 Å². The summed E-state index contributed by atoms with van der Waals surface area (Å²) in [5.74, 6) is 1.88. The lowest BCUT2D eigenvalue weighted by atomic mass is 9.98. The Bertz CT molecular complexity index is 3260. The zero-order valence-electron chi connectivity index (χ0n) is 33.7. The Morgan fingerprint density at radius 2 is 0.581 bits per heavy atom. The molecule has 4 nitrogen and oxygen atoms in total. The van der Waals surface area contributed by atoms with E-state index in [1.165, 1.54) is 21.9 Å². The Labute approximate surface area is 360 Å². The minimum Gasteiger partial charge on any atom is -0.248 e. The average molecular weight is 791 g/mol. The molecule has 0 atom stereocenters. The van der Waals surface area contributed by atoms with Crippen LogP contribution < -0.4 is 0 Å². The highest BCUT2D eigenvalue weighted by Gasteiger charge is 2.14. The fourth-order valence-electron chi connectivity index (χ4n) is 8.16. The Balaban J connectivity index is 0.895. The van der Waals surface area contributed by atoms with Crippen molar-refractivity contribution in [1.29, 1.82) is 0 Å². The van der Waals surface area contributed by atoms with Gasteiger partial charge in [0.25, 0.3) is 0 Å². The van der Waals surface area contributed by atoms with Gasteiger partial charge in [0.05, 0.1) is 11.2 Å². The molecule has 0 aliphatic rings. The fourth-order valence-corrected chi connectivity index (χ4v) is 8.16. The van der Waals surface area contributed by atoms with Crippen molar-refractivity contribution in [3.05, 3.63) is 231 Å². The Kier molecular flexibility index (Phi) is 9.49. The maximum Gasteiger partial charge on any atom is 0.164 e. The van der Waals surface area contributed by atoms with Crippen LogP contribution in [-0.4, -0.2) is 19.9 Å². The molecule has 0 spiro atoms. The third-order valence-electron chi connectivity index (χ3n) is 11.5. The van der Waals surface area contributed by atoms with E-state index in [0.29, 0.717) is 17.5 Å². The van der Waals surface area contributed by atoms with Crippen molar-refractivity contribution < 1.29 is 0 Å². The molecule has 2 aromatic heterocycles. The maximum absolute atomic E-state index is 5.09. The summed E-state index contributed by atoms with van der Waals surface area (Å²) in [6.07, 6.45) is 0. The first-order valence-electron chi connectivity index (χ1n) is 20.9. The number of rotatable bonds is 8. The summed E-state index contributed by atoms with van der Waals surface area (Å²) in [4.78, 5) is 20.3. The van der Waals surface area contributed by atoms with E-state index in [0.717, 1.165) is 72.2 Å². The van der Waals surface area contributed by atoms with Crippen LogP contribution in [0.1, 0.15) is 0 Å². The van der Waals surface area contributed by atoms with E-state index in [4.69, 9.17) is 19.9 Å². The lowest BCUT2D eigenvalue weighted by Gasteiger charge is -2.11. The fraction of sp³-hybridized carbons (Fsp3) is 0. The van der Waals surface area contributed by atoms with Crippen molar-refractivity contribution in [3.8, 4) is 89.9 Å². The Hall–Kier alpha value is -8.34. The zero-order valence-corrected chi connectivity index (χ0v) is 33.7. The molecule has 0 N–H and O–H groups in total. The second-order valence-electron chi connectivity index (χ2n) is 15.5. The molecule has 0 saturated heterocycles. The highest BCUT2D eigenvalue weighted by Crippen LogP contribution is 2.33. The minimum atomic E-state index is 0.622. The molecule has 0 aliphatic carbocycles. The second kappa shape index (κ2) is 16.0. The minimum absolute atomic E-state index is 0.622. The molecule has 0 unspecified atom stereocenters. The van der Waals surface area contributed by atoms with E-state index in [1.54, 1.807) is 0 Å². The van der Waals surface area contributed by atoms with E-state index < -0.39 is 0 Å². The smallest absolute Gasteiger partial charge is 0.164 e. The highest BCUT2D eigenvalue weighted by atomic mass is 15.0. The molecule has 0 saturated carbocycles. The molecule has 11 aromatic rings. The number of aromatic nitrogens is 4. The third kappa shape index (κ3) is 7.42. The van der Waals surface area contributed by atoms with Crippen molar-refractivity contribution in [2.45, 2.75) is 0 Å². The quantitative estimate of drug-likeness (QED) is 0.154. The molecule has 290 valence electrons. The summed E-state index contributed by atoms with van der Waals surface area (Å²) in [5.41, 5.74) is 15.0. The number of nitrogens with zero attached hydrogens (tertiary/aromatic N) is 4. The molecule has 0 fully saturated rings. The van der Waals surface area contributed by atoms with Gasteiger partial charge in [-0.1, -0.05) is 200 Å². The van der Waals surface area contributed by atoms with Gasteiger partial charge < -0.3 is 0 Å². The Morgan fingerprint density at radius 1 is 0.194 bits per heavy atom. The molecule has 9 aromatic carbocycles. The molecule has 4 heteroatoms. The van der Waals surface area contributed by atoms with Crippen molar-refractivity contribution in [2.24, 2.45) is 0 Å². The van der Waals surface area contributed by atoms with Crippen molar-refractivity contribution in [2.75, 3.05) is 0 Å². The van der Waals surface area contributed by atoms with Crippen LogP contribution in [0.5, 0.6) is 0 Å². The summed E-state index contributed by atoms with van der Waals surface area (Å²) < 4.78 is 0. The largest absolute Gasteiger partial charge is 0.248 e. The van der Waals surface area contributed by atoms with E-state index in [-0.39, 0.29) is 0 Å². The average Bonchev–Trinajstić information content (AvgIpc) is 3.36. The SMILES string of the molecule is c1ccc(-c2ccc(-c3nc(-c4ccc(-c5ccccc5)cc4)nc(-c4cccc(-c5ccc(-c6ccc7nc(-c8ccc9ccccc9c8)ccc7c6)cc5)c4)n3)cc2)cc1. The topological polar surface area (TPSA) is 51.6 Å². The molecule has 62 heavy (non-hydrogen) atoms. The van der Waals surface area contributed by atoms with E-state index in [9.17, 15) is 0 Å². The molecule has 0 radical (unpaired) electrons. The third-order valence-corrected chi connectivity index (χ3v) is 11.5. The van der Waals surface area contributed by atoms with Crippen LogP contribution in [0.15, 0.2) is 231 Å². The number of fused-ring (bicyclic) bond motifs is 2. The van der Waals surface area contributed by atoms with E-state index >= 15 is 0 Å². The molecular weight excluding hydrogens is 753 g/mol. The second-order valence-corrected chi connectivity index (χ2v) is 15.5. The van der Waals surface area contributed by atoms with Crippen LogP contribution >= 0.6 is 0 Å². The number of benzene rings is 9.